The number of piperazine rings is 1. The summed E-state index contributed by atoms with van der Waals surface area (Å²) in [5.74, 6) is 0.913. The number of nitrogens with two attached hydrogens (primary N) is 1. The van der Waals surface area contributed by atoms with Gasteiger partial charge in [-0.3, -0.25) is 0 Å². The number of nitrogens with zero attached hydrogens (tertiary/aromatic N) is 6. The van der Waals surface area contributed by atoms with Crippen LogP contribution >= 0.6 is 11.6 Å². The lowest BCUT2D eigenvalue weighted by atomic mass is 10.1. The zero-order valence-electron chi connectivity index (χ0n) is 17.6. The largest absolute Gasteiger partial charge is 0.458 e. The maximum absolute atomic E-state index is 13.2. The van der Waals surface area contributed by atoms with Crippen molar-refractivity contribution in [2.45, 2.75) is 25.7 Å². The highest BCUT2D eigenvalue weighted by atomic mass is 35.5. The molecular formula is C21H21ClF3N7O. The minimum atomic E-state index is -4.49. The summed E-state index contributed by atoms with van der Waals surface area (Å²) >= 11 is 6.27. The second-order valence-electron chi connectivity index (χ2n) is 7.52. The first-order chi connectivity index (χ1) is 15.7. The van der Waals surface area contributed by atoms with Gasteiger partial charge in [-0.15, -0.1) is 0 Å². The van der Waals surface area contributed by atoms with E-state index >= 15 is 0 Å². The molecule has 33 heavy (non-hydrogen) atoms. The van der Waals surface area contributed by atoms with E-state index in [1.165, 1.54) is 18.2 Å². The number of aromatic nitrogens is 4. The van der Waals surface area contributed by atoms with Crippen molar-refractivity contribution in [1.82, 2.24) is 19.9 Å². The summed E-state index contributed by atoms with van der Waals surface area (Å²) in [5, 5.41) is 0.567. The van der Waals surface area contributed by atoms with Gasteiger partial charge in [0.2, 0.25) is 11.9 Å². The molecule has 1 fully saturated rings. The normalized spacial score (nSPS) is 16.7. The zero-order valence-corrected chi connectivity index (χ0v) is 18.4. The van der Waals surface area contributed by atoms with Gasteiger partial charge in [0.05, 0.1) is 10.6 Å². The molecule has 1 atom stereocenters. The minimum Gasteiger partial charge on any atom is -0.458 e. The Labute approximate surface area is 193 Å². The van der Waals surface area contributed by atoms with Gasteiger partial charge in [0.1, 0.15) is 12.4 Å². The van der Waals surface area contributed by atoms with Crippen LogP contribution in [0.1, 0.15) is 18.1 Å². The summed E-state index contributed by atoms with van der Waals surface area (Å²) in [5.41, 5.74) is 5.03. The van der Waals surface area contributed by atoms with Gasteiger partial charge in [-0.1, -0.05) is 29.8 Å². The maximum atomic E-state index is 13.2. The molecule has 0 spiro atoms. The molecular weight excluding hydrogens is 459 g/mol. The van der Waals surface area contributed by atoms with Crippen molar-refractivity contribution >= 4 is 29.3 Å². The lowest BCUT2D eigenvalue weighted by Gasteiger charge is -2.40. The highest BCUT2D eigenvalue weighted by molar-refractivity contribution is 6.32. The zero-order chi connectivity index (χ0) is 23.6. The third kappa shape index (κ3) is 5.19. The predicted molar refractivity (Wildman–Crippen MR) is 118 cm³/mol. The van der Waals surface area contributed by atoms with Crippen LogP contribution in [-0.2, 0) is 12.8 Å². The Balaban J connectivity index is 1.49. The van der Waals surface area contributed by atoms with Crippen molar-refractivity contribution in [2.75, 3.05) is 35.2 Å². The van der Waals surface area contributed by atoms with Crippen molar-refractivity contribution in [3.05, 3.63) is 58.7 Å². The van der Waals surface area contributed by atoms with Gasteiger partial charge in [0.25, 0.3) is 0 Å². The van der Waals surface area contributed by atoms with E-state index in [1.807, 2.05) is 11.8 Å². The topological polar surface area (TPSA) is 93.3 Å². The van der Waals surface area contributed by atoms with Crippen molar-refractivity contribution in [2.24, 2.45) is 0 Å². The fourth-order valence-corrected chi connectivity index (χ4v) is 3.92. The van der Waals surface area contributed by atoms with Crippen LogP contribution in [0.5, 0.6) is 6.01 Å². The number of benzene rings is 1. The van der Waals surface area contributed by atoms with Gasteiger partial charge in [-0.25, -0.2) is 4.98 Å². The van der Waals surface area contributed by atoms with E-state index in [0.717, 1.165) is 6.07 Å². The lowest BCUT2D eigenvalue weighted by Crippen LogP contribution is -2.53. The highest BCUT2D eigenvalue weighted by Gasteiger charge is 2.33. The molecule has 1 aliphatic rings. The van der Waals surface area contributed by atoms with Crippen LogP contribution in [-0.4, -0.2) is 45.6 Å². The first kappa shape index (κ1) is 22.8. The maximum Gasteiger partial charge on any atom is 0.416 e. The number of nitrogen functional groups attached to an aromatic ring is 1. The molecule has 1 aliphatic heterocycles. The highest BCUT2D eigenvalue weighted by Crippen LogP contribution is 2.32. The van der Waals surface area contributed by atoms with E-state index in [2.05, 4.69) is 24.8 Å². The molecule has 1 saturated heterocycles. The number of alkyl halides is 3. The third-order valence-corrected chi connectivity index (χ3v) is 5.52. The Kier molecular flexibility index (Phi) is 6.41. The molecule has 3 heterocycles. The van der Waals surface area contributed by atoms with Crippen LogP contribution in [0.2, 0.25) is 5.02 Å². The summed E-state index contributed by atoms with van der Waals surface area (Å²) in [6.07, 6.45) is -2.81. The lowest BCUT2D eigenvalue weighted by molar-refractivity contribution is -0.138. The monoisotopic (exact) mass is 479 g/mol. The molecule has 0 bridgehead atoms. The number of ether oxygens (including phenoxy) is 1. The number of anilines is 3. The van der Waals surface area contributed by atoms with Crippen LogP contribution in [0.15, 0.2) is 42.6 Å². The molecule has 2 N–H and O–H groups in total. The molecule has 12 heteroatoms. The number of rotatable bonds is 5. The molecule has 1 unspecified atom stereocenters. The average molecular weight is 480 g/mol. The number of hydrogen-bond donors (Lipinski definition) is 1. The summed E-state index contributed by atoms with van der Waals surface area (Å²) in [7, 11) is 0. The van der Waals surface area contributed by atoms with Crippen LogP contribution in [0.3, 0.4) is 0 Å². The van der Waals surface area contributed by atoms with E-state index in [0.29, 0.717) is 36.4 Å². The van der Waals surface area contributed by atoms with Crippen LogP contribution in [0.25, 0.3) is 0 Å². The van der Waals surface area contributed by atoms with Gasteiger partial charge in [-0.05, 0) is 25.1 Å². The predicted octanol–water partition coefficient (Wildman–Crippen LogP) is 3.82. The molecule has 3 aromatic rings. The molecule has 8 nitrogen and oxygen atoms in total. The summed E-state index contributed by atoms with van der Waals surface area (Å²) in [6.45, 7) is 3.40. The SMILES string of the molecule is CC1CN(c2ncccc2Cl)CCN1c1nc(N)nc(OCc2ccccc2C(F)(F)F)n1. The standard InChI is InChI=1S/C21H21ClF3N7O/c1-13-11-31(17-16(22)7-4-8-27-17)9-10-32(13)19-28-18(26)29-20(30-19)33-12-14-5-2-3-6-15(14)21(23,24)25/h2-8,13H,9-12H2,1H3,(H2,26,28,29,30). The van der Waals surface area contributed by atoms with E-state index in [1.54, 1.807) is 18.3 Å². The van der Waals surface area contributed by atoms with E-state index in [4.69, 9.17) is 22.1 Å². The number of pyridine rings is 1. The van der Waals surface area contributed by atoms with Crippen molar-refractivity contribution < 1.29 is 17.9 Å². The summed E-state index contributed by atoms with van der Waals surface area (Å²) in [6, 6.07) is 8.57. The second-order valence-corrected chi connectivity index (χ2v) is 7.92. The fourth-order valence-electron chi connectivity index (χ4n) is 3.68. The van der Waals surface area contributed by atoms with Crippen LogP contribution in [0.4, 0.5) is 30.9 Å². The van der Waals surface area contributed by atoms with E-state index in [9.17, 15) is 13.2 Å². The number of hydrogen-bond acceptors (Lipinski definition) is 8. The molecule has 0 amide bonds. The van der Waals surface area contributed by atoms with Crippen LogP contribution in [0, 0.1) is 0 Å². The van der Waals surface area contributed by atoms with Crippen molar-refractivity contribution in [3.8, 4) is 6.01 Å². The summed E-state index contributed by atoms with van der Waals surface area (Å²) < 4.78 is 45.2. The molecule has 0 radical (unpaired) electrons. The van der Waals surface area contributed by atoms with E-state index in [-0.39, 0.29) is 30.2 Å². The average Bonchev–Trinajstić information content (AvgIpc) is 2.77. The minimum absolute atomic E-state index is 0.0280. The Bertz CT molecular complexity index is 1130. The third-order valence-electron chi connectivity index (χ3n) is 5.22. The Hall–Kier alpha value is -3.34. The van der Waals surface area contributed by atoms with Crippen molar-refractivity contribution in [1.29, 1.82) is 0 Å². The Morgan fingerprint density at radius 3 is 2.64 bits per heavy atom. The summed E-state index contributed by atoms with van der Waals surface area (Å²) in [4.78, 5) is 20.8. The van der Waals surface area contributed by atoms with Gasteiger partial charge < -0.3 is 20.3 Å². The second kappa shape index (κ2) is 9.26. The fraction of sp³-hybridized carbons (Fsp3) is 0.333. The van der Waals surface area contributed by atoms with Gasteiger partial charge in [0, 0.05) is 37.4 Å². The first-order valence-electron chi connectivity index (χ1n) is 10.1. The molecule has 4 rings (SSSR count). The Morgan fingerprint density at radius 2 is 1.91 bits per heavy atom. The molecule has 2 aromatic heterocycles. The molecule has 1 aromatic carbocycles. The smallest absolute Gasteiger partial charge is 0.416 e. The van der Waals surface area contributed by atoms with Gasteiger partial charge >= 0.3 is 12.2 Å². The molecule has 0 aliphatic carbocycles. The van der Waals surface area contributed by atoms with Crippen molar-refractivity contribution in [3.63, 3.8) is 0 Å². The molecule has 0 saturated carbocycles. The van der Waals surface area contributed by atoms with Crippen LogP contribution < -0.4 is 20.3 Å². The van der Waals surface area contributed by atoms with Gasteiger partial charge in [-0.2, -0.15) is 28.1 Å². The van der Waals surface area contributed by atoms with Gasteiger partial charge in [0.15, 0.2) is 0 Å². The number of halogens is 4. The quantitative estimate of drug-likeness (QED) is 0.590. The molecule has 174 valence electrons. The first-order valence-corrected chi connectivity index (χ1v) is 10.5. The van der Waals surface area contributed by atoms with E-state index < -0.39 is 11.7 Å². The Morgan fingerprint density at radius 1 is 1.12 bits per heavy atom.